The highest BCUT2D eigenvalue weighted by atomic mass is 16.2. The molecule has 1 aliphatic heterocycles. The van der Waals surface area contributed by atoms with Crippen LogP contribution in [0.1, 0.15) is 49.9 Å². The van der Waals surface area contributed by atoms with Crippen LogP contribution in [-0.4, -0.2) is 36.3 Å². The lowest BCUT2D eigenvalue weighted by molar-refractivity contribution is -0.116. The van der Waals surface area contributed by atoms with Crippen LogP contribution in [0.5, 0.6) is 0 Å². The summed E-state index contributed by atoms with van der Waals surface area (Å²) >= 11 is 0. The van der Waals surface area contributed by atoms with Crippen LogP contribution in [-0.2, 0) is 4.79 Å². The van der Waals surface area contributed by atoms with Crippen molar-refractivity contribution in [2.24, 2.45) is 0 Å². The van der Waals surface area contributed by atoms with Crippen LogP contribution in [0.2, 0.25) is 0 Å². The molecule has 0 radical (unpaired) electrons. The molecule has 3 rings (SSSR count). The molecule has 1 unspecified atom stereocenters. The average Bonchev–Trinajstić information content (AvgIpc) is 3.15. The number of nitrogens with zero attached hydrogens (tertiary/aromatic N) is 2. The lowest BCUT2D eigenvalue weighted by atomic mass is 10.0. The third kappa shape index (κ3) is 4.21. The quantitative estimate of drug-likeness (QED) is 0.769. The number of rotatable bonds is 5. The first-order valence-corrected chi connectivity index (χ1v) is 9.77. The number of benzene rings is 2. The molecule has 1 fully saturated rings. The van der Waals surface area contributed by atoms with Crippen molar-refractivity contribution in [3.63, 3.8) is 0 Å². The van der Waals surface area contributed by atoms with Gasteiger partial charge in [-0.1, -0.05) is 37.6 Å². The molecular weight excluding hydrogens is 336 g/mol. The molecule has 1 heterocycles. The normalized spacial score (nSPS) is 16.4. The summed E-state index contributed by atoms with van der Waals surface area (Å²) in [6.07, 6.45) is 4.43. The first-order chi connectivity index (χ1) is 13.0. The summed E-state index contributed by atoms with van der Waals surface area (Å²) in [6, 6.07) is 16.1. The number of carbonyl (C=O) groups excluding carboxylic acids is 2. The minimum atomic E-state index is 0.00825. The van der Waals surface area contributed by atoms with Crippen molar-refractivity contribution >= 4 is 17.5 Å². The van der Waals surface area contributed by atoms with Crippen molar-refractivity contribution in [1.29, 1.82) is 0 Å². The van der Waals surface area contributed by atoms with Crippen LogP contribution in [0.3, 0.4) is 0 Å². The van der Waals surface area contributed by atoms with E-state index in [0.29, 0.717) is 6.04 Å². The summed E-state index contributed by atoms with van der Waals surface area (Å²) in [7, 11) is 1.77. The summed E-state index contributed by atoms with van der Waals surface area (Å²) in [4.78, 5) is 28.0. The third-order valence-electron chi connectivity index (χ3n) is 5.45. The first-order valence-electron chi connectivity index (χ1n) is 9.77. The van der Waals surface area contributed by atoms with Crippen LogP contribution >= 0.6 is 0 Å². The molecule has 0 aromatic heterocycles. The second kappa shape index (κ2) is 8.38. The molecule has 1 saturated heterocycles. The number of hydrogen-bond donors (Lipinski definition) is 0. The second-order valence-corrected chi connectivity index (χ2v) is 7.29. The maximum Gasteiger partial charge on any atom is 0.254 e. The van der Waals surface area contributed by atoms with Crippen molar-refractivity contribution in [2.45, 2.75) is 45.6 Å². The van der Waals surface area contributed by atoms with Gasteiger partial charge in [-0.05, 0) is 54.7 Å². The predicted octanol–water partition coefficient (Wildman–Crippen LogP) is 4.74. The van der Waals surface area contributed by atoms with Crippen LogP contribution in [0, 0.1) is 0 Å². The van der Waals surface area contributed by atoms with Crippen LogP contribution in [0.4, 0.5) is 5.69 Å². The zero-order chi connectivity index (χ0) is 19.4. The van der Waals surface area contributed by atoms with Gasteiger partial charge in [-0.2, -0.15) is 0 Å². The SMILES string of the molecule is CCCC1CCCN1C(=O)c1ccc(-c2ccc(N(C)C(C)=O)cc2)cc1. The Morgan fingerprint density at radius 2 is 1.63 bits per heavy atom. The van der Waals surface area contributed by atoms with Gasteiger partial charge in [0, 0.05) is 37.8 Å². The molecule has 0 N–H and O–H groups in total. The molecule has 0 aliphatic carbocycles. The highest BCUT2D eigenvalue weighted by Gasteiger charge is 2.28. The van der Waals surface area contributed by atoms with Gasteiger partial charge in [0.15, 0.2) is 0 Å². The van der Waals surface area contributed by atoms with E-state index in [2.05, 4.69) is 6.92 Å². The fourth-order valence-corrected chi connectivity index (χ4v) is 3.77. The van der Waals surface area contributed by atoms with E-state index in [1.165, 1.54) is 0 Å². The Bertz CT molecular complexity index is 796. The maximum atomic E-state index is 12.9. The van der Waals surface area contributed by atoms with E-state index in [0.717, 1.165) is 54.6 Å². The lowest BCUT2D eigenvalue weighted by Crippen LogP contribution is -2.35. The Balaban J connectivity index is 1.73. The first kappa shape index (κ1) is 19.2. The molecule has 0 spiro atoms. The molecule has 1 atom stereocenters. The van der Waals surface area contributed by atoms with Gasteiger partial charge in [0.2, 0.25) is 5.91 Å². The molecule has 4 nitrogen and oxygen atoms in total. The standard InChI is InChI=1S/C23H28N2O2/c1-4-6-22-7-5-16-25(22)23(27)20-10-8-18(9-11-20)19-12-14-21(15-13-19)24(3)17(2)26/h8-15,22H,4-7,16H2,1-3H3. The van der Waals surface area contributed by atoms with E-state index in [9.17, 15) is 9.59 Å². The molecule has 4 heteroatoms. The van der Waals surface area contributed by atoms with Crippen molar-refractivity contribution in [3.05, 3.63) is 54.1 Å². The van der Waals surface area contributed by atoms with Gasteiger partial charge in [-0.25, -0.2) is 0 Å². The van der Waals surface area contributed by atoms with E-state index in [1.807, 2.05) is 53.4 Å². The van der Waals surface area contributed by atoms with E-state index in [1.54, 1.807) is 18.9 Å². The van der Waals surface area contributed by atoms with Crippen LogP contribution < -0.4 is 4.90 Å². The number of hydrogen-bond acceptors (Lipinski definition) is 2. The minimum Gasteiger partial charge on any atom is -0.336 e. The fourth-order valence-electron chi connectivity index (χ4n) is 3.77. The lowest BCUT2D eigenvalue weighted by Gasteiger charge is -2.24. The monoisotopic (exact) mass is 364 g/mol. The molecule has 0 bridgehead atoms. The molecule has 1 aliphatic rings. The Kier molecular flexibility index (Phi) is 5.94. The Hall–Kier alpha value is -2.62. The number of likely N-dealkylation sites (tertiary alicyclic amines) is 1. The number of carbonyl (C=O) groups is 2. The van der Waals surface area contributed by atoms with Crippen LogP contribution in [0.15, 0.2) is 48.5 Å². The fraction of sp³-hybridized carbons (Fsp3) is 0.391. The predicted molar refractivity (Wildman–Crippen MR) is 110 cm³/mol. The van der Waals surface area contributed by atoms with E-state index in [4.69, 9.17) is 0 Å². The Morgan fingerprint density at radius 1 is 1.04 bits per heavy atom. The van der Waals surface area contributed by atoms with Gasteiger partial charge < -0.3 is 9.80 Å². The van der Waals surface area contributed by atoms with Crippen molar-refractivity contribution in [1.82, 2.24) is 4.90 Å². The van der Waals surface area contributed by atoms with E-state index in [-0.39, 0.29) is 11.8 Å². The summed E-state index contributed by atoms with van der Waals surface area (Å²) in [5.41, 5.74) is 3.76. The van der Waals surface area contributed by atoms with E-state index < -0.39 is 0 Å². The number of anilines is 1. The summed E-state index contributed by atoms with van der Waals surface area (Å²) in [5.74, 6) is 0.157. The molecule has 2 aromatic rings. The molecule has 0 saturated carbocycles. The maximum absolute atomic E-state index is 12.9. The van der Waals surface area contributed by atoms with Gasteiger partial charge in [-0.3, -0.25) is 9.59 Å². The van der Waals surface area contributed by atoms with E-state index >= 15 is 0 Å². The Labute approximate surface area is 161 Å². The molecule has 2 amide bonds. The highest BCUT2D eigenvalue weighted by molar-refractivity contribution is 5.95. The third-order valence-corrected chi connectivity index (χ3v) is 5.45. The highest BCUT2D eigenvalue weighted by Crippen LogP contribution is 2.26. The topological polar surface area (TPSA) is 40.6 Å². The largest absolute Gasteiger partial charge is 0.336 e. The van der Waals surface area contributed by atoms with Gasteiger partial charge in [-0.15, -0.1) is 0 Å². The zero-order valence-corrected chi connectivity index (χ0v) is 16.4. The molecule has 2 aromatic carbocycles. The molecule has 27 heavy (non-hydrogen) atoms. The second-order valence-electron chi connectivity index (χ2n) is 7.29. The van der Waals surface area contributed by atoms with Crippen molar-refractivity contribution in [3.8, 4) is 11.1 Å². The Morgan fingerprint density at radius 3 is 2.19 bits per heavy atom. The van der Waals surface area contributed by atoms with Gasteiger partial charge >= 0.3 is 0 Å². The van der Waals surface area contributed by atoms with Gasteiger partial charge in [0.05, 0.1) is 0 Å². The molecular formula is C23H28N2O2. The van der Waals surface area contributed by atoms with Crippen molar-refractivity contribution < 1.29 is 9.59 Å². The summed E-state index contributed by atoms with van der Waals surface area (Å²) in [5, 5.41) is 0. The minimum absolute atomic E-state index is 0.00825. The summed E-state index contributed by atoms with van der Waals surface area (Å²) in [6.45, 7) is 4.60. The van der Waals surface area contributed by atoms with Crippen LogP contribution in [0.25, 0.3) is 11.1 Å². The van der Waals surface area contributed by atoms with Gasteiger partial charge in [0.1, 0.15) is 0 Å². The number of amides is 2. The smallest absolute Gasteiger partial charge is 0.254 e. The van der Waals surface area contributed by atoms with Crippen molar-refractivity contribution in [2.75, 3.05) is 18.5 Å². The molecule has 142 valence electrons. The van der Waals surface area contributed by atoms with Gasteiger partial charge in [0.25, 0.3) is 5.91 Å². The zero-order valence-electron chi connectivity index (χ0n) is 16.4. The summed E-state index contributed by atoms with van der Waals surface area (Å²) < 4.78 is 0. The average molecular weight is 364 g/mol.